The molecule has 0 bridgehead atoms. The van der Waals surface area contributed by atoms with E-state index in [4.69, 9.17) is 9.84 Å². The highest BCUT2D eigenvalue weighted by Crippen LogP contribution is 1.97. The quantitative estimate of drug-likeness (QED) is 0.715. The summed E-state index contributed by atoms with van der Waals surface area (Å²) < 4.78 is 6.15. The molecule has 94 valence electrons. The molecule has 0 aliphatic carbocycles. The van der Waals surface area contributed by atoms with Gasteiger partial charge in [0.2, 0.25) is 5.91 Å². The molecule has 1 atom stereocenters. The summed E-state index contributed by atoms with van der Waals surface area (Å²) in [7, 11) is 1.55. The number of hydrogen-bond acceptors (Lipinski definition) is 4. The number of aromatic carboxylic acids is 1. The molecule has 0 saturated heterocycles. The minimum absolute atomic E-state index is 0.0126. The Balaban J connectivity index is 2.47. The van der Waals surface area contributed by atoms with Gasteiger partial charge in [-0.1, -0.05) is 0 Å². The highest BCUT2D eigenvalue weighted by atomic mass is 16.5. The molecule has 1 heterocycles. The maximum atomic E-state index is 11.5. The normalized spacial score (nSPS) is 12.1. The lowest BCUT2D eigenvalue weighted by molar-refractivity contribution is -0.122. The van der Waals surface area contributed by atoms with Crippen LogP contribution in [0, 0.1) is 0 Å². The molecule has 1 aromatic rings. The van der Waals surface area contributed by atoms with Gasteiger partial charge in [0, 0.05) is 19.3 Å². The Morgan fingerprint density at radius 1 is 1.65 bits per heavy atom. The third-order valence-electron chi connectivity index (χ3n) is 2.01. The SMILES string of the molecule is COCC(C)NC(=O)Cn1cc(C(=O)O)cn1. The maximum Gasteiger partial charge on any atom is 0.338 e. The largest absolute Gasteiger partial charge is 0.478 e. The molecule has 0 radical (unpaired) electrons. The van der Waals surface area contributed by atoms with Crippen molar-refractivity contribution in [1.29, 1.82) is 0 Å². The predicted molar refractivity (Wildman–Crippen MR) is 58.7 cm³/mol. The average molecular weight is 241 g/mol. The molecule has 1 unspecified atom stereocenters. The lowest BCUT2D eigenvalue weighted by Crippen LogP contribution is -2.37. The van der Waals surface area contributed by atoms with Crippen molar-refractivity contribution in [2.24, 2.45) is 0 Å². The molecule has 2 N–H and O–H groups in total. The van der Waals surface area contributed by atoms with Crippen LogP contribution in [0.5, 0.6) is 0 Å². The molecule has 1 aromatic heterocycles. The van der Waals surface area contributed by atoms with Crippen molar-refractivity contribution in [3.05, 3.63) is 18.0 Å². The summed E-state index contributed by atoms with van der Waals surface area (Å²) in [6, 6.07) is -0.0954. The molecule has 17 heavy (non-hydrogen) atoms. The molecule has 7 nitrogen and oxygen atoms in total. The van der Waals surface area contributed by atoms with E-state index in [1.54, 1.807) is 7.11 Å². The molecular weight excluding hydrogens is 226 g/mol. The zero-order valence-corrected chi connectivity index (χ0v) is 9.71. The maximum absolute atomic E-state index is 11.5. The number of methoxy groups -OCH3 is 1. The summed E-state index contributed by atoms with van der Waals surface area (Å²) in [6.45, 7) is 2.22. The lowest BCUT2D eigenvalue weighted by Gasteiger charge is -2.12. The van der Waals surface area contributed by atoms with Gasteiger partial charge in [-0.3, -0.25) is 9.48 Å². The van der Waals surface area contributed by atoms with Crippen LogP contribution in [0.15, 0.2) is 12.4 Å². The fourth-order valence-corrected chi connectivity index (χ4v) is 1.32. The van der Waals surface area contributed by atoms with E-state index in [0.29, 0.717) is 6.61 Å². The highest BCUT2D eigenvalue weighted by molar-refractivity contribution is 5.87. The van der Waals surface area contributed by atoms with Crippen LogP contribution < -0.4 is 5.32 Å². The van der Waals surface area contributed by atoms with Crippen molar-refractivity contribution in [2.45, 2.75) is 19.5 Å². The Bertz CT molecular complexity index is 402. The zero-order chi connectivity index (χ0) is 12.8. The van der Waals surface area contributed by atoms with E-state index < -0.39 is 5.97 Å². The second-order valence-electron chi connectivity index (χ2n) is 3.66. The summed E-state index contributed by atoms with van der Waals surface area (Å²) in [5.41, 5.74) is 0.0581. The molecule has 7 heteroatoms. The summed E-state index contributed by atoms with van der Waals surface area (Å²) in [5.74, 6) is -1.31. The van der Waals surface area contributed by atoms with Crippen LogP contribution in [-0.4, -0.2) is 46.5 Å². The number of aromatic nitrogens is 2. The Labute approximate surface area is 98.4 Å². The van der Waals surface area contributed by atoms with E-state index in [9.17, 15) is 9.59 Å². The smallest absolute Gasteiger partial charge is 0.338 e. The predicted octanol–water partition coefficient (Wildman–Crippen LogP) is -0.268. The summed E-state index contributed by atoms with van der Waals surface area (Å²) >= 11 is 0. The fourth-order valence-electron chi connectivity index (χ4n) is 1.32. The molecule has 0 spiro atoms. The first-order chi connectivity index (χ1) is 8.02. The van der Waals surface area contributed by atoms with Crippen molar-refractivity contribution in [2.75, 3.05) is 13.7 Å². The second-order valence-corrected chi connectivity index (χ2v) is 3.66. The van der Waals surface area contributed by atoms with Crippen LogP contribution in [0.3, 0.4) is 0 Å². The number of carbonyl (C=O) groups excluding carboxylic acids is 1. The minimum atomic E-state index is -1.07. The van der Waals surface area contributed by atoms with Crippen molar-refractivity contribution in [3.63, 3.8) is 0 Å². The molecule has 0 aromatic carbocycles. The first kappa shape index (κ1) is 13.2. The number of ether oxygens (including phenoxy) is 1. The summed E-state index contributed by atoms with van der Waals surface area (Å²) in [4.78, 5) is 22.1. The van der Waals surface area contributed by atoms with Crippen LogP contribution in [0.2, 0.25) is 0 Å². The van der Waals surface area contributed by atoms with Crippen molar-refractivity contribution >= 4 is 11.9 Å². The van der Waals surface area contributed by atoms with E-state index in [1.165, 1.54) is 17.1 Å². The molecule has 0 saturated carbocycles. The van der Waals surface area contributed by atoms with Gasteiger partial charge in [0.05, 0.1) is 18.4 Å². The van der Waals surface area contributed by atoms with E-state index >= 15 is 0 Å². The third kappa shape index (κ3) is 4.23. The van der Waals surface area contributed by atoms with Crippen molar-refractivity contribution < 1.29 is 19.4 Å². The van der Waals surface area contributed by atoms with Gasteiger partial charge in [0.25, 0.3) is 0 Å². The lowest BCUT2D eigenvalue weighted by atomic mass is 10.3. The van der Waals surface area contributed by atoms with Crippen LogP contribution in [-0.2, 0) is 16.1 Å². The number of hydrogen-bond donors (Lipinski definition) is 2. The Morgan fingerprint density at radius 3 is 2.88 bits per heavy atom. The van der Waals surface area contributed by atoms with E-state index in [0.717, 1.165) is 0 Å². The topological polar surface area (TPSA) is 93.5 Å². The second kappa shape index (κ2) is 6.00. The molecule has 0 fully saturated rings. The van der Waals surface area contributed by atoms with Gasteiger partial charge in [0.1, 0.15) is 6.54 Å². The third-order valence-corrected chi connectivity index (χ3v) is 2.01. The van der Waals surface area contributed by atoms with Crippen molar-refractivity contribution in [3.8, 4) is 0 Å². The number of carboxylic acid groups (broad SMARTS) is 1. The van der Waals surface area contributed by atoms with Gasteiger partial charge in [0.15, 0.2) is 0 Å². The highest BCUT2D eigenvalue weighted by Gasteiger charge is 2.10. The standard InChI is InChI=1S/C10H15N3O4/c1-7(6-17-2)12-9(14)5-13-4-8(3-11-13)10(15)16/h3-4,7H,5-6H2,1-2H3,(H,12,14)(H,15,16). The van der Waals surface area contributed by atoms with E-state index in [2.05, 4.69) is 10.4 Å². The molecule has 1 amide bonds. The minimum Gasteiger partial charge on any atom is -0.478 e. The zero-order valence-electron chi connectivity index (χ0n) is 9.71. The Hall–Kier alpha value is -1.89. The van der Waals surface area contributed by atoms with Crippen LogP contribution in [0.25, 0.3) is 0 Å². The van der Waals surface area contributed by atoms with E-state index in [-0.39, 0.29) is 24.1 Å². The molecule has 1 rings (SSSR count). The number of rotatable bonds is 6. The molecular formula is C10H15N3O4. The van der Waals surface area contributed by atoms with Crippen LogP contribution in [0.1, 0.15) is 17.3 Å². The summed E-state index contributed by atoms with van der Waals surface area (Å²) in [5, 5.41) is 15.1. The number of nitrogens with zero attached hydrogens (tertiary/aromatic N) is 2. The van der Waals surface area contributed by atoms with Gasteiger partial charge in [-0.25, -0.2) is 4.79 Å². The monoisotopic (exact) mass is 241 g/mol. The average Bonchev–Trinajstić information content (AvgIpc) is 2.66. The van der Waals surface area contributed by atoms with Crippen LogP contribution in [0.4, 0.5) is 0 Å². The Kier molecular flexibility index (Phi) is 4.65. The Morgan fingerprint density at radius 2 is 2.35 bits per heavy atom. The molecule has 0 aliphatic heterocycles. The first-order valence-electron chi connectivity index (χ1n) is 5.07. The van der Waals surface area contributed by atoms with Gasteiger partial charge >= 0.3 is 5.97 Å². The van der Waals surface area contributed by atoms with Gasteiger partial charge < -0.3 is 15.2 Å². The van der Waals surface area contributed by atoms with Crippen molar-refractivity contribution in [1.82, 2.24) is 15.1 Å². The number of carbonyl (C=O) groups is 2. The number of carboxylic acids is 1. The van der Waals surface area contributed by atoms with Gasteiger partial charge in [-0.05, 0) is 6.92 Å². The van der Waals surface area contributed by atoms with Crippen LogP contribution >= 0.6 is 0 Å². The number of nitrogens with one attached hydrogen (secondary N) is 1. The van der Waals surface area contributed by atoms with Gasteiger partial charge in [-0.2, -0.15) is 5.10 Å². The fraction of sp³-hybridized carbons (Fsp3) is 0.500. The van der Waals surface area contributed by atoms with E-state index in [1.807, 2.05) is 6.92 Å². The number of amides is 1. The van der Waals surface area contributed by atoms with Gasteiger partial charge in [-0.15, -0.1) is 0 Å². The molecule has 0 aliphatic rings. The first-order valence-corrected chi connectivity index (χ1v) is 5.07. The summed E-state index contributed by atoms with van der Waals surface area (Å²) in [6.07, 6.45) is 2.51.